The van der Waals surface area contributed by atoms with Gasteiger partial charge in [0.1, 0.15) is 5.82 Å². The molecule has 1 aromatic carbocycles. The van der Waals surface area contributed by atoms with Crippen LogP contribution >= 0.6 is 11.6 Å². The van der Waals surface area contributed by atoms with Crippen LogP contribution in [0.1, 0.15) is 5.56 Å². The number of carbonyl (C=O) groups is 1. The van der Waals surface area contributed by atoms with E-state index in [1.807, 2.05) is 0 Å². The highest BCUT2D eigenvalue weighted by Gasteiger charge is 2.34. The summed E-state index contributed by atoms with van der Waals surface area (Å²) in [5, 5.41) is 0.254. The third-order valence-corrected chi connectivity index (χ3v) is 3.62. The van der Waals surface area contributed by atoms with Gasteiger partial charge in [0.2, 0.25) is 18.8 Å². The molecule has 0 spiro atoms. The van der Waals surface area contributed by atoms with Crippen LogP contribution in [0.3, 0.4) is 0 Å². The lowest BCUT2D eigenvalue weighted by molar-refractivity contribution is -0.113. The largest absolute Gasteiger partial charge is 0.284 e. The van der Waals surface area contributed by atoms with E-state index in [0.717, 1.165) is 17.0 Å². The molecule has 0 aliphatic carbocycles. The Morgan fingerprint density at radius 2 is 1.96 bits per heavy atom. The molecule has 9 heteroatoms. The standard InChI is InChI=1S/C14H10ClF2N3O.CH2F2/c1-8-5-11(10(16)6-9(8)15)20-13(21)7-12(17)19-4-2-3-18-14(19)20;2-1-3/h2-3,5-7H,4H2,1H3;1H2. The fourth-order valence-electron chi connectivity index (χ4n) is 2.17. The minimum Gasteiger partial charge on any atom is -0.284 e. The van der Waals surface area contributed by atoms with Gasteiger partial charge in [-0.05, 0) is 30.7 Å². The third-order valence-electron chi connectivity index (χ3n) is 3.21. The fourth-order valence-corrected chi connectivity index (χ4v) is 2.32. The number of aliphatic imine (C=N–C) groups is 1. The van der Waals surface area contributed by atoms with Crippen LogP contribution in [0.4, 0.5) is 23.2 Å². The number of aryl methyl sites for hydroxylation is 1. The van der Waals surface area contributed by atoms with E-state index in [1.165, 1.54) is 17.2 Å². The molecule has 128 valence electrons. The molecule has 0 saturated heterocycles. The molecule has 24 heavy (non-hydrogen) atoms. The van der Waals surface area contributed by atoms with Crippen LogP contribution in [0, 0.1) is 12.7 Å². The van der Waals surface area contributed by atoms with Gasteiger partial charge in [0.25, 0.3) is 5.91 Å². The summed E-state index contributed by atoms with van der Waals surface area (Å²) in [5.41, 5.74) is 0.596. The van der Waals surface area contributed by atoms with Crippen LogP contribution in [-0.4, -0.2) is 30.2 Å². The molecule has 0 aromatic heterocycles. The number of fused-ring (bicyclic) bond motifs is 1. The first-order valence-electron chi connectivity index (χ1n) is 6.70. The van der Waals surface area contributed by atoms with Crippen LogP contribution in [0.15, 0.2) is 41.4 Å². The van der Waals surface area contributed by atoms with Crippen LogP contribution in [-0.2, 0) is 4.79 Å². The molecule has 0 radical (unpaired) electrons. The van der Waals surface area contributed by atoms with Gasteiger partial charge in [-0.1, -0.05) is 11.6 Å². The van der Waals surface area contributed by atoms with E-state index in [0.29, 0.717) is 5.56 Å². The second-order valence-corrected chi connectivity index (χ2v) is 5.13. The van der Waals surface area contributed by atoms with Crippen molar-refractivity contribution in [2.45, 2.75) is 6.92 Å². The summed E-state index contributed by atoms with van der Waals surface area (Å²) >= 11 is 5.85. The van der Waals surface area contributed by atoms with Crippen molar-refractivity contribution < 1.29 is 22.4 Å². The maximum Gasteiger partial charge on any atom is 0.262 e. The molecule has 0 atom stereocenters. The van der Waals surface area contributed by atoms with Gasteiger partial charge in [-0.2, -0.15) is 4.39 Å². The number of benzene rings is 1. The summed E-state index contributed by atoms with van der Waals surface area (Å²) in [6.45, 7) is 0.162. The maximum atomic E-state index is 14.2. The van der Waals surface area contributed by atoms with Crippen LogP contribution in [0.25, 0.3) is 0 Å². The zero-order valence-corrected chi connectivity index (χ0v) is 13.2. The number of rotatable bonds is 1. The fraction of sp³-hybridized carbons (Fsp3) is 0.200. The van der Waals surface area contributed by atoms with E-state index in [1.54, 1.807) is 13.0 Å². The first-order valence-corrected chi connectivity index (χ1v) is 7.07. The molecule has 2 aliphatic rings. The van der Waals surface area contributed by atoms with Gasteiger partial charge in [-0.15, -0.1) is 0 Å². The van der Waals surface area contributed by atoms with Crippen molar-refractivity contribution in [2.75, 3.05) is 18.4 Å². The Kier molecular flexibility index (Phi) is 5.61. The number of hydrogen-bond acceptors (Lipinski definition) is 3. The van der Waals surface area contributed by atoms with E-state index < -0.39 is 24.6 Å². The van der Waals surface area contributed by atoms with Gasteiger partial charge >= 0.3 is 0 Å². The molecule has 2 heterocycles. The van der Waals surface area contributed by atoms with E-state index in [4.69, 9.17) is 11.6 Å². The van der Waals surface area contributed by atoms with Crippen LogP contribution in [0.5, 0.6) is 0 Å². The highest BCUT2D eigenvalue weighted by Crippen LogP contribution is 2.31. The molecule has 0 bridgehead atoms. The van der Waals surface area contributed by atoms with Gasteiger partial charge in [0.05, 0.1) is 11.8 Å². The zero-order valence-electron chi connectivity index (χ0n) is 12.4. The number of amides is 1. The number of guanidine groups is 1. The highest BCUT2D eigenvalue weighted by molar-refractivity contribution is 6.31. The number of nitrogens with zero attached hydrogens (tertiary/aromatic N) is 3. The minimum absolute atomic E-state index is 0.00954. The van der Waals surface area contributed by atoms with Gasteiger partial charge < -0.3 is 0 Å². The summed E-state index contributed by atoms with van der Waals surface area (Å²) in [6.07, 6.45) is 3.89. The predicted molar refractivity (Wildman–Crippen MR) is 83.2 cm³/mol. The summed E-state index contributed by atoms with van der Waals surface area (Å²) in [4.78, 5) is 18.3. The number of alkyl halides is 2. The Bertz CT molecular complexity index is 748. The van der Waals surface area contributed by atoms with Crippen molar-refractivity contribution in [2.24, 2.45) is 4.99 Å². The number of carbonyl (C=O) groups excluding carboxylic acids is 1. The average molecular weight is 362 g/mol. The molecule has 4 nitrogen and oxygen atoms in total. The monoisotopic (exact) mass is 361 g/mol. The second-order valence-electron chi connectivity index (χ2n) is 4.72. The molecule has 1 amide bonds. The highest BCUT2D eigenvalue weighted by atomic mass is 35.5. The van der Waals surface area contributed by atoms with Gasteiger partial charge in [-0.25, -0.2) is 23.1 Å². The number of anilines is 1. The molecule has 0 saturated carbocycles. The normalized spacial score (nSPS) is 16.2. The van der Waals surface area contributed by atoms with Crippen molar-refractivity contribution in [3.05, 3.63) is 52.8 Å². The Balaban J connectivity index is 0.000000647. The Morgan fingerprint density at radius 3 is 2.62 bits per heavy atom. The summed E-state index contributed by atoms with van der Waals surface area (Å²) in [7, 11) is 0. The number of hydrogen-bond donors (Lipinski definition) is 0. The summed E-state index contributed by atoms with van der Waals surface area (Å²) < 4.78 is 47.2. The van der Waals surface area contributed by atoms with Crippen molar-refractivity contribution in [3.63, 3.8) is 0 Å². The van der Waals surface area contributed by atoms with Gasteiger partial charge in [-0.3, -0.25) is 9.69 Å². The molecule has 1 aromatic rings. The summed E-state index contributed by atoms with van der Waals surface area (Å²) in [6, 6.07) is 2.56. The Morgan fingerprint density at radius 1 is 1.29 bits per heavy atom. The Labute approximate surface area is 140 Å². The molecule has 0 N–H and O–H groups in total. The van der Waals surface area contributed by atoms with Crippen molar-refractivity contribution in [1.82, 2.24) is 4.90 Å². The van der Waals surface area contributed by atoms with Crippen LogP contribution < -0.4 is 4.90 Å². The summed E-state index contributed by atoms with van der Waals surface area (Å²) in [5.74, 6) is -2.06. The molecular weight excluding hydrogens is 350 g/mol. The molecule has 0 fully saturated rings. The molecule has 3 rings (SSSR count). The van der Waals surface area contributed by atoms with Gasteiger partial charge in [0.15, 0.2) is 0 Å². The smallest absolute Gasteiger partial charge is 0.262 e. The van der Waals surface area contributed by atoms with E-state index in [9.17, 15) is 22.4 Å². The first-order chi connectivity index (χ1) is 11.4. The number of halogens is 5. The first kappa shape index (κ1) is 18.0. The lowest BCUT2D eigenvalue weighted by Crippen LogP contribution is -2.51. The SMILES string of the molecule is Cc1cc(N2C(=O)C=C(F)N3CC=CN=C32)c(F)cc1Cl.FCF. The van der Waals surface area contributed by atoms with E-state index >= 15 is 0 Å². The topological polar surface area (TPSA) is 35.9 Å². The lowest BCUT2D eigenvalue weighted by Gasteiger charge is -2.35. The Hall–Kier alpha value is -2.35. The molecular formula is C15H12ClF4N3O. The van der Waals surface area contributed by atoms with Crippen molar-refractivity contribution in [3.8, 4) is 0 Å². The third kappa shape index (κ3) is 3.43. The molecule has 2 aliphatic heterocycles. The minimum atomic E-state index is -1.75. The predicted octanol–water partition coefficient (Wildman–Crippen LogP) is 4.01. The van der Waals surface area contributed by atoms with Crippen LogP contribution in [0.2, 0.25) is 5.02 Å². The lowest BCUT2D eigenvalue weighted by atomic mass is 10.2. The van der Waals surface area contributed by atoms with Crippen molar-refractivity contribution in [1.29, 1.82) is 0 Å². The maximum absolute atomic E-state index is 14.2. The average Bonchev–Trinajstić information content (AvgIpc) is 2.53. The second kappa shape index (κ2) is 7.48. The quantitative estimate of drug-likeness (QED) is 0.559. The molecule has 0 unspecified atom stereocenters. The van der Waals surface area contributed by atoms with Crippen molar-refractivity contribution >= 4 is 29.2 Å². The van der Waals surface area contributed by atoms with E-state index in [-0.39, 0.29) is 23.2 Å². The van der Waals surface area contributed by atoms with E-state index in [2.05, 4.69) is 4.99 Å². The zero-order chi connectivity index (χ0) is 17.9. The van der Waals surface area contributed by atoms with Gasteiger partial charge in [0, 0.05) is 17.8 Å².